The van der Waals surface area contributed by atoms with Gasteiger partial charge in [-0.25, -0.2) is 15.8 Å². The molecule has 0 radical (unpaired) electrons. The molecule has 1 saturated carbocycles. The van der Waals surface area contributed by atoms with E-state index < -0.39 is 0 Å². The number of anilines is 1. The fraction of sp³-hybridized carbons (Fsp3) is 0.733. The number of nitrogens with zero attached hydrogens (tertiary/aromatic N) is 2. The molecule has 1 aliphatic carbocycles. The Kier molecular flexibility index (Phi) is 5.14. The van der Waals surface area contributed by atoms with Crippen molar-refractivity contribution in [2.75, 3.05) is 5.43 Å². The molecule has 1 heterocycles. The van der Waals surface area contributed by atoms with Crippen molar-refractivity contribution in [1.29, 1.82) is 0 Å². The quantitative estimate of drug-likeness (QED) is 0.644. The molecule has 0 aromatic carbocycles. The number of nitrogens with two attached hydrogens (primary N) is 1. The van der Waals surface area contributed by atoms with Gasteiger partial charge in [-0.1, -0.05) is 46.0 Å². The molecule has 19 heavy (non-hydrogen) atoms. The van der Waals surface area contributed by atoms with Crippen LogP contribution in [0, 0.1) is 0 Å². The zero-order valence-electron chi connectivity index (χ0n) is 12.2. The molecular weight excluding hydrogens is 236 g/mol. The molecule has 2 rings (SSSR count). The van der Waals surface area contributed by atoms with Crippen LogP contribution >= 0.6 is 0 Å². The van der Waals surface area contributed by atoms with Gasteiger partial charge in [0.15, 0.2) is 0 Å². The standard InChI is InChI=1S/C15H26N4/c1-11(2)13-10-14(19-16)18-15(17-13)12-8-6-4-3-5-7-9-12/h10-12H,3-9,16H2,1-2H3,(H,17,18,19). The number of hydrogen-bond acceptors (Lipinski definition) is 4. The lowest BCUT2D eigenvalue weighted by molar-refractivity contribution is 0.441. The third-order valence-electron chi connectivity index (χ3n) is 3.97. The Labute approximate surface area is 116 Å². The summed E-state index contributed by atoms with van der Waals surface area (Å²) in [4.78, 5) is 9.35. The second-order valence-corrected chi connectivity index (χ2v) is 5.88. The smallest absolute Gasteiger partial charge is 0.143 e. The van der Waals surface area contributed by atoms with E-state index in [1.165, 1.54) is 44.9 Å². The van der Waals surface area contributed by atoms with Gasteiger partial charge in [-0.15, -0.1) is 0 Å². The summed E-state index contributed by atoms with van der Waals surface area (Å²) < 4.78 is 0. The third kappa shape index (κ3) is 3.90. The number of rotatable bonds is 3. The summed E-state index contributed by atoms with van der Waals surface area (Å²) in [5, 5.41) is 0. The molecule has 0 aliphatic heterocycles. The van der Waals surface area contributed by atoms with E-state index in [0.29, 0.717) is 11.8 Å². The largest absolute Gasteiger partial charge is 0.308 e. The van der Waals surface area contributed by atoms with Crippen LogP contribution in [0.5, 0.6) is 0 Å². The Balaban J connectivity index is 2.23. The SMILES string of the molecule is CC(C)c1cc(NN)nc(C2CCCCCCC2)n1. The maximum atomic E-state index is 5.53. The molecule has 0 bridgehead atoms. The normalized spacial score (nSPS) is 18.1. The van der Waals surface area contributed by atoms with E-state index >= 15 is 0 Å². The molecule has 4 heteroatoms. The number of hydrogen-bond donors (Lipinski definition) is 2. The summed E-state index contributed by atoms with van der Waals surface area (Å²) in [7, 11) is 0. The summed E-state index contributed by atoms with van der Waals surface area (Å²) in [6.45, 7) is 4.31. The van der Waals surface area contributed by atoms with Gasteiger partial charge in [0, 0.05) is 17.7 Å². The minimum absolute atomic E-state index is 0.405. The lowest BCUT2D eigenvalue weighted by Gasteiger charge is -2.20. The van der Waals surface area contributed by atoms with Crippen LogP contribution in [0.25, 0.3) is 0 Å². The lowest BCUT2D eigenvalue weighted by Crippen LogP contribution is -2.14. The average Bonchev–Trinajstić information content (AvgIpc) is 2.37. The fourth-order valence-electron chi connectivity index (χ4n) is 2.75. The second kappa shape index (κ2) is 6.85. The van der Waals surface area contributed by atoms with Crippen molar-refractivity contribution in [3.05, 3.63) is 17.6 Å². The molecule has 3 N–H and O–H groups in total. The molecule has 1 aromatic rings. The van der Waals surface area contributed by atoms with E-state index in [-0.39, 0.29) is 0 Å². The van der Waals surface area contributed by atoms with Crippen molar-refractivity contribution in [1.82, 2.24) is 9.97 Å². The summed E-state index contributed by atoms with van der Waals surface area (Å²) >= 11 is 0. The predicted octanol–water partition coefficient (Wildman–Crippen LogP) is 3.71. The molecule has 0 unspecified atom stereocenters. The van der Waals surface area contributed by atoms with E-state index in [0.717, 1.165) is 17.3 Å². The van der Waals surface area contributed by atoms with Crippen molar-refractivity contribution in [3.8, 4) is 0 Å². The number of nitrogens with one attached hydrogen (secondary N) is 1. The van der Waals surface area contributed by atoms with Crippen molar-refractivity contribution < 1.29 is 0 Å². The van der Waals surface area contributed by atoms with Crippen LogP contribution in [0.15, 0.2) is 6.07 Å². The Bertz CT molecular complexity index is 395. The van der Waals surface area contributed by atoms with Gasteiger partial charge in [0.2, 0.25) is 0 Å². The molecule has 1 fully saturated rings. The van der Waals surface area contributed by atoms with Gasteiger partial charge < -0.3 is 5.43 Å². The van der Waals surface area contributed by atoms with Crippen molar-refractivity contribution in [2.24, 2.45) is 5.84 Å². The number of nitrogen functional groups attached to an aromatic ring is 1. The summed E-state index contributed by atoms with van der Waals surface area (Å²) in [6, 6.07) is 1.96. The molecule has 4 nitrogen and oxygen atoms in total. The first-order valence-electron chi connectivity index (χ1n) is 7.56. The van der Waals surface area contributed by atoms with Crippen molar-refractivity contribution in [3.63, 3.8) is 0 Å². The van der Waals surface area contributed by atoms with E-state index in [1.54, 1.807) is 0 Å². The predicted molar refractivity (Wildman–Crippen MR) is 79.0 cm³/mol. The second-order valence-electron chi connectivity index (χ2n) is 5.88. The van der Waals surface area contributed by atoms with Crippen molar-refractivity contribution >= 4 is 5.82 Å². The number of aromatic nitrogens is 2. The van der Waals surface area contributed by atoms with Crippen LogP contribution in [0.1, 0.15) is 82.1 Å². The Hall–Kier alpha value is -1.16. The highest BCUT2D eigenvalue weighted by Crippen LogP contribution is 2.30. The monoisotopic (exact) mass is 262 g/mol. The van der Waals surface area contributed by atoms with Gasteiger partial charge in [-0.3, -0.25) is 0 Å². The van der Waals surface area contributed by atoms with E-state index in [4.69, 9.17) is 10.8 Å². The van der Waals surface area contributed by atoms with Crippen LogP contribution in [0.2, 0.25) is 0 Å². The molecule has 0 amide bonds. The van der Waals surface area contributed by atoms with Gasteiger partial charge in [0.05, 0.1) is 0 Å². The topological polar surface area (TPSA) is 63.8 Å². The first kappa shape index (κ1) is 14.3. The minimum atomic E-state index is 0.405. The Morgan fingerprint density at radius 1 is 1.11 bits per heavy atom. The maximum Gasteiger partial charge on any atom is 0.143 e. The zero-order valence-corrected chi connectivity index (χ0v) is 12.2. The molecule has 1 aliphatic rings. The van der Waals surface area contributed by atoms with E-state index in [9.17, 15) is 0 Å². The summed E-state index contributed by atoms with van der Waals surface area (Å²) in [6.07, 6.45) is 9.10. The van der Waals surface area contributed by atoms with Crippen molar-refractivity contribution in [2.45, 2.75) is 70.6 Å². The van der Waals surface area contributed by atoms with Crippen LogP contribution in [0.4, 0.5) is 5.82 Å². The lowest BCUT2D eigenvalue weighted by atomic mass is 9.90. The third-order valence-corrected chi connectivity index (χ3v) is 3.97. The van der Waals surface area contributed by atoms with Crippen LogP contribution in [0.3, 0.4) is 0 Å². The Morgan fingerprint density at radius 3 is 2.32 bits per heavy atom. The van der Waals surface area contributed by atoms with Gasteiger partial charge in [0.25, 0.3) is 0 Å². The first-order valence-corrected chi connectivity index (χ1v) is 7.56. The molecule has 1 aromatic heterocycles. The van der Waals surface area contributed by atoms with E-state index in [1.807, 2.05) is 6.07 Å². The van der Waals surface area contributed by atoms with Crippen LogP contribution < -0.4 is 11.3 Å². The molecule has 106 valence electrons. The molecule has 0 saturated heterocycles. The van der Waals surface area contributed by atoms with Gasteiger partial charge in [-0.2, -0.15) is 0 Å². The average molecular weight is 262 g/mol. The molecule has 0 atom stereocenters. The fourth-order valence-corrected chi connectivity index (χ4v) is 2.75. The minimum Gasteiger partial charge on any atom is -0.308 e. The summed E-state index contributed by atoms with van der Waals surface area (Å²) in [5.41, 5.74) is 3.76. The zero-order chi connectivity index (χ0) is 13.7. The first-order chi connectivity index (χ1) is 9.20. The highest BCUT2D eigenvalue weighted by Gasteiger charge is 2.18. The summed E-state index contributed by atoms with van der Waals surface area (Å²) in [5.74, 6) is 8.18. The van der Waals surface area contributed by atoms with Gasteiger partial charge in [0.1, 0.15) is 11.6 Å². The molecule has 0 spiro atoms. The van der Waals surface area contributed by atoms with Gasteiger partial charge >= 0.3 is 0 Å². The van der Waals surface area contributed by atoms with Crippen LogP contribution in [-0.2, 0) is 0 Å². The number of hydrazine groups is 1. The maximum absolute atomic E-state index is 5.53. The highest BCUT2D eigenvalue weighted by molar-refractivity contribution is 5.35. The highest BCUT2D eigenvalue weighted by atomic mass is 15.3. The van der Waals surface area contributed by atoms with E-state index in [2.05, 4.69) is 24.3 Å². The molecular formula is C15H26N4. The Morgan fingerprint density at radius 2 is 1.74 bits per heavy atom. The van der Waals surface area contributed by atoms with Crippen LogP contribution in [-0.4, -0.2) is 9.97 Å². The van der Waals surface area contributed by atoms with Gasteiger partial charge in [-0.05, 0) is 18.8 Å².